The molecular weight excluding hydrogens is 419 g/mol. The van der Waals surface area contributed by atoms with Gasteiger partial charge in [0.05, 0.1) is 5.25 Å². The van der Waals surface area contributed by atoms with Crippen molar-refractivity contribution in [3.63, 3.8) is 0 Å². The highest BCUT2D eigenvalue weighted by molar-refractivity contribution is 8.02. The Morgan fingerprint density at radius 3 is 2.57 bits per heavy atom. The second-order valence-corrected chi connectivity index (χ2v) is 9.86. The van der Waals surface area contributed by atoms with Crippen LogP contribution in [0.5, 0.6) is 0 Å². The summed E-state index contributed by atoms with van der Waals surface area (Å²) in [5.74, 6) is 0.000102. The molecule has 1 heterocycles. The lowest BCUT2D eigenvalue weighted by Gasteiger charge is -2.18. The van der Waals surface area contributed by atoms with Gasteiger partial charge in [-0.3, -0.25) is 4.79 Å². The Morgan fingerprint density at radius 2 is 1.87 bits per heavy atom. The number of nitrogens with one attached hydrogen (secondary N) is 2. The Hall–Kier alpha value is -2.45. The van der Waals surface area contributed by atoms with Crippen LogP contribution in [-0.4, -0.2) is 21.4 Å². The van der Waals surface area contributed by atoms with E-state index in [2.05, 4.69) is 40.7 Å². The first kappa shape index (κ1) is 22.2. The molecule has 0 aliphatic carbocycles. The van der Waals surface area contributed by atoms with Gasteiger partial charge in [-0.2, -0.15) is 0 Å². The zero-order chi connectivity index (χ0) is 21.7. The first-order valence-corrected chi connectivity index (χ1v) is 11.4. The first-order chi connectivity index (χ1) is 14.3. The number of hydrogen-bond donors (Lipinski definition) is 2. The molecule has 0 aliphatic rings. The summed E-state index contributed by atoms with van der Waals surface area (Å²) in [6.07, 6.45) is 0. The van der Waals surface area contributed by atoms with Crippen LogP contribution in [0.1, 0.15) is 43.4 Å². The molecule has 1 amide bonds. The lowest BCUT2D eigenvalue weighted by molar-refractivity contribution is -0.115. The Labute approximate surface area is 184 Å². The lowest BCUT2D eigenvalue weighted by atomic mass is 9.98. The molecule has 0 spiro atoms. The number of hydrogen-bond acceptors (Lipinski definition) is 6. The summed E-state index contributed by atoms with van der Waals surface area (Å²) in [6.45, 7) is 8.62. The van der Waals surface area contributed by atoms with Gasteiger partial charge in [-0.25, -0.2) is 4.39 Å². The summed E-state index contributed by atoms with van der Waals surface area (Å²) >= 11 is 2.77. The van der Waals surface area contributed by atoms with Crippen molar-refractivity contribution in [2.24, 2.45) is 0 Å². The van der Waals surface area contributed by atoms with Crippen molar-refractivity contribution in [3.05, 3.63) is 65.0 Å². The van der Waals surface area contributed by atoms with Crippen molar-refractivity contribution in [2.75, 3.05) is 10.6 Å². The number of halogens is 1. The van der Waals surface area contributed by atoms with Gasteiger partial charge in [0, 0.05) is 12.2 Å². The topological polar surface area (TPSA) is 66.9 Å². The fourth-order valence-corrected chi connectivity index (χ4v) is 4.77. The van der Waals surface area contributed by atoms with E-state index in [0.717, 1.165) is 22.4 Å². The Morgan fingerprint density at radius 1 is 1.13 bits per heavy atom. The predicted octanol–water partition coefficient (Wildman–Crippen LogP) is 5.84. The number of anilines is 2. The number of para-hydroxylation sites is 1. The first-order valence-electron chi connectivity index (χ1n) is 9.72. The molecule has 1 atom stereocenters. The van der Waals surface area contributed by atoms with Gasteiger partial charge in [0.1, 0.15) is 5.82 Å². The molecule has 0 saturated carbocycles. The Kier molecular flexibility index (Phi) is 7.44. The molecule has 2 N–H and O–H groups in total. The van der Waals surface area contributed by atoms with Gasteiger partial charge in [0.2, 0.25) is 11.0 Å². The molecule has 2 aromatic carbocycles. The number of aryl methyl sites for hydroxylation is 1. The van der Waals surface area contributed by atoms with Gasteiger partial charge in [-0.15, -0.1) is 10.2 Å². The van der Waals surface area contributed by atoms with Crippen molar-refractivity contribution in [1.82, 2.24) is 10.2 Å². The maximum absolute atomic E-state index is 13.0. The van der Waals surface area contributed by atoms with E-state index in [1.165, 1.54) is 35.2 Å². The molecular formula is C22H25FN4OS2. The zero-order valence-corrected chi connectivity index (χ0v) is 19.0. The smallest absolute Gasteiger partial charge is 0.237 e. The molecule has 1 unspecified atom stereocenters. The monoisotopic (exact) mass is 444 g/mol. The Bertz CT molecular complexity index is 1000. The third kappa shape index (κ3) is 5.79. The average Bonchev–Trinajstić information content (AvgIpc) is 3.16. The fourth-order valence-electron chi connectivity index (χ4n) is 2.88. The van der Waals surface area contributed by atoms with Crippen LogP contribution in [0.2, 0.25) is 0 Å². The van der Waals surface area contributed by atoms with Crippen LogP contribution in [0.25, 0.3) is 0 Å². The van der Waals surface area contributed by atoms with E-state index in [0.29, 0.717) is 21.9 Å². The van der Waals surface area contributed by atoms with Crippen LogP contribution in [-0.2, 0) is 11.3 Å². The van der Waals surface area contributed by atoms with E-state index in [9.17, 15) is 9.18 Å². The minimum atomic E-state index is -0.317. The van der Waals surface area contributed by atoms with Crippen molar-refractivity contribution in [2.45, 2.75) is 49.7 Å². The van der Waals surface area contributed by atoms with E-state index in [1.54, 1.807) is 12.1 Å². The normalized spacial score (nSPS) is 12.1. The van der Waals surface area contributed by atoms with Gasteiger partial charge in [-0.05, 0) is 48.6 Å². The number of carbonyl (C=O) groups is 1. The summed E-state index contributed by atoms with van der Waals surface area (Å²) in [7, 11) is 0. The van der Waals surface area contributed by atoms with Crippen molar-refractivity contribution in [1.29, 1.82) is 0 Å². The largest absolute Gasteiger partial charge is 0.356 e. The molecule has 1 aromatic heterocycles. The standard InChI is InChI=1S/C22H25FN4OS2/c1-13(2)18-7-5-6-14(3)19(18)25-20(28)15(4)29-22-27-26-21(30-22)24-12-16-8-10-17(23)11-9-16/h5-11,13,15H,12H2,1-4H3,(H,24,26)(H,25,28). The predicted molar refractivity (Wildman–Crippen MR) is 123 cm³/mol. The van der Waals surface area contributed by atoms with Gasteiger partial charge in [0.15, 0.2) is 4.34 Å². The maximum Gasteiger partial charge on any atom is 0.237 e. The number of rotatable bonds is 8. The van der Waals surface area contributed by atoms with Gasteiger partial charge in [0.25, 0.3) is 0 Å². The summed E-state index contributed by atoms with van der Waals surface area (Å²) in [6, 6.07) is 12.4. The zero-order valence-electron chi connectivity index (χ0n) is 17.4. The minimum absolute atomic E-state index is 0.0628. The molecule has 3 rings (SSSR count). The highest BCUT2D eigenvalue weighted by atomic mass is 32.2. The molecule has 0 fully saturated rings. The number of aromatic nitrogens is 2. The van der Waals surface area contributed by atoms with E-state index >= 15 is 0 Å². The van der Waals surface area contributed by atoms with Gasteiger partial charge in [-0.1, -0.05) is 67.3 Å². The molecule has 3 aromatic rings. The molecule has 5 nitrogen and oxygen atoms in total. The van der Waals surface area contributed by atoms with Gasteiger partial charge >= 0.3 is 0 Å². The highest BCUT2D eigenvalue weighted by Crippen LogP contribution is 2.31. The second-order valence-electron chi connectivity index (χ2n) is 7.30. The van der Waals surface area contributed by atoms with Crippen LogP contribution in [0.4, 0.5) is 15.2 Å². The van der Waals surface area contributed by atoms with Crippen LogP contribution in [0.3, 0.4) is 0 Å². The van der Waals surface area contributed by atoms with Crippen molar-refractivity contribution in [3.8, 4) is 0 Å². The molecule has 0 saturated heterocycles. The quantitative estimate of drug-likeness (QED) is 0.427. The number of thioether (sulfide) groups is 1. The SMILES string of the molecule is Cc1cccc(C(C)C)c1NC(=O)C(C)Sc1nnc(NCc2ccc(F)cc2)s1. The number of benzene rings is 2. The number of carbonyl (C=O) groups excluding carboxylic acids is 1. The summed E-state index contributed by atoms with van der Waals surface area (Å²) in [5.41, 5.74) is 4.02. The number of nitrogens with zero attached hydrogens (tertiary/aromatic N) is 2. The summed E-state index contributed by atoms with van der Waals surface area (Å²) in [4.78, 5) is 12.8. The van der Waals surface area contributed by atoms with E-state index in [4.69, 9.17) is 0 Å². The Balaban J connectivity index is 1.58. The number of amides is 1. The molecule has 30 heavy (non-hydrogen) atoms. The van der Waals surface area contributed by atoms with E-state index in [-0.39, 0.29) is 17.0 Å². The van der Waals surface area contributed by atoms with Crippen LogP contribution in [0, 0.1) is 12.7 Å². The fraction of sp³-hybridized carbons (Fsp3) is 0.318. The molecule has 0 radical (unpaired) electrons. The van der Waals surface area contributed by atoms with Gasteiger partial charge < -0.3 is 10.6 Å². The highest BCUT2D eigenvalue weighted by Gasteiger charge is 2.20. The summed E-state index contributed by atoms with van der Waals surface area (Å²) in [5, 5.41) is 14.9. The van der Waals surface area contributed by atoms with Crippen LogP contribution < -0.4 is 10.6 Å². The molecule has 0 aliphatic heterocycles. The minimum Gasteiger partial charge on any atom is -0.356 e. The van der Waals surface area contributed by atoms with Crippen LogP contribution >= 0.6 is 23.1 Å². The van der Waals surface area contributed by atoms with Crippen molar-refractivity contribution < 1.29 is 9.18 Å². The maximum atomic E-state index is 13.0. The van der Waals surface area contributed by atoms with E-state index in [1.807, 2.05) is 26.0 Å². The molecule has 158 valence electrons. The molecule has 8 heteroatoms. The third-order valence-electron chi connectivity index (χ3n) is 4.59. The third-order valence-corrected chi connectivity index (χ3v) is 6.65. The molecule has 0 bridgehead atoms. The van der Waals surface area contributed by atoms with Crippen molar-refractivity contribution >= 4 is 39.8 Å². The van der Waals surface area contributed by atoms with Crippen LogP contribution in [0.15, 0.2) is 46.8 Å². The lowest BCUT2D eigenvalue weighted by Crippen LogP contribution is -2.23. The average molecular weight is 445 g/mol. The summed E-state index contributed by atoms with van der Waals surface area (Å²) < 4.78 is 13.7. The van der Waals surface area contributed by atoms with E-state index < -0.39 is 0 Å². The second kappa shape index (κ2) is 10.0.